The fraction of sp³-hybridized carbons (Fsp3) is 0.154. The van der Waals surface area contributed by atoms with E-state index >= 15 is 0 Å². The Morgan fingerprint density at radius 1 is 1.06 bits per heavy atom. The molecule has 0 atom stereocenters. The predicted molar refractivity (Wildman–Crippen MR) is 63.3 cm³/mol. The third-order valence-corrected chi connectivity index (χ3v) is 2.43. The van der Waals surface area contributed by atoms with Crippen LogP contribution >= 0.6 is 0 Å². The van der Waals surface area contributed by atoms with Crippen LogP contribution in [0.4, 0.5) is 0 Å². The van der Waals surface area contributed by atoms with Crippen LogP contribution in [-0.4, -0.2) is 11.7 Å². The Kier molecular flexibility index (Phi) is 2.77. The summed E-state index contributed by atoms with van der Waals surface area (Å²) in [6.07, 6.45) is 1.69. The van der Waals surface area contributed by atoms with Gasteiger partial charge in [-0.1, -0.05) is 17.7 Å². The van der Waals surface area contributed by atoms with Crippen molar-refractivity contribution in [1.82, 2.24) is 4.57 Å². The fourth-order valence-electron chi connectivity index (χ4n) is 1.50. The number of ether oxygens (including phenoxy) is 1. The minimum absolute atomic E-state index is 0.0651. The van der Waals surface area contributed by atoms with Gasteiger partial charge >= 0.3 is 0 Å². The summed E-state index contributed by atoms with van der Waals surface area (Å²) in [5, 5.41) is 0. The van der Waals surface area contributed by atoms with E-state index in [-0.39, 0.29) is 5.56 Å². The number of aromatic nitrogens is 1. The van der Waals surface area contributed by atoms with Crippen molar-refractivity contribution in [3.63, 3.8) is 0 Å². The van der Waals surface area contributed by atoms with Crippen LogP contribution in [-0.2, 0) is 0 Å². The number of rotatable bonds is 2. The van der Waals surface area contributed by atoms with Crippen LogP contribution in [0, 0.1) is 6.92 Å². The lowest BCUT2D eigenvalue weighted by atomic mass is 10.2. The van der Waals surface area contributed by atoms with Gasteiger partial charge in [0.1, 0.15) is 5.75 Å². The maximum atomic E-state index is 11.7. The molecule has 0 aliphatic carbocycles. The van der Waals surface area contributed by atoms with Crippen molar-refractivity contribution in [2.24, 2.45) is 0 Å². The van der Waals surface area contributed by atoms with Crippen molar-refractivity contribution in [3.8, 4) is 11.4 Å². The molecule has 0 saturated carbocycles. The summed E-state index contributed by atoms with van der Waals surface area (Å²) in [7, 11) is 1.58. The lowest BCUT2D eigenvalue weighted by molar-refractivity contribution is 0.411. The second-order valence-corrected chi connectivity index (χ2v) is 3.61. The summed E-state index contributed by atoms with van der Waals surface area (Å²) in [5.74, 6) is 0.667. The first-order chi connectivity index (χ1) is 7.70. The van der Waals surface area contributed by atoms with Gasteiger partial charge in [-0.15, -0.1) is 0 Å². The summed E-state index contributed by atoms with van der Waals surface area (Å²) < 4.78 is 6.66. The van der Waals surface area contributed by atoms with E-state index in [1.54, 1.807) is 23.9 Å². The van der Waals surface area contributed by atoms with Crippen LogP contribution in [0.25, 0.3) is 5.69 Å². The zero-order chi connectivity index (χ0) is 11.5. The predicted octanol–water partition coefficient (Wildman–Crippen LogP) is 2.15. The topological polar surface area (TPSA) is 31.2 Å². The number of nitrogens with zero attached hydrogens (tertiary/aromatic N) is 1. The van der Waals surface area contributed by atoms with Crippen molar-refractivity contribution in [2.45, 2.75) is 6.92 Å². The molecule has 0 amide bonds. The Bertz CT molecular complexity index is 541. The third-order valence-electron chi connectivity index (χ3n) is 2.43. The molecular weight excluding hydrogens is 202 g/mol. The number of hydrogen-bond acceptors (Lipinski definition) is 2. The highest BCUT2D eigenvalue weighted by Crippen LogP contribution is 2.11. The standard InChI is InChI=1S/C13H13NO2/c1-10-3-5-11(6-4-10)14-9-12(16-2)7-8-13(14)15/h3-9H,1-2H3. The Hall–Kier alpha value is -2.03. The van der Waals surface area contributed by atoms with Gasteiger partial charge in [0, 0.05) is 11.8 Å². The molecule has 0 spiro atoms. The van der Waals surface area contributed by atoms with E-state index in [1.165, 1.54) is 11.6 Å². The molecule has 3 heteroatoms. The molecule has 0 radical (unpaired) electrons. The molecule has 0 aliphatic rings. The Balaban J connectivity index is 2.54. The van der Waals surface area contributed by atoms with E-state index < -0.39 is 0 Å². The smallest absolute Gasteiger partial charge is 0.255 e. The molecule has 16 heavy (non-hydrogen) atoms. The number of methoxy groups -OCH3 is 1. The Morgan fingerprint density at radius 3 is 2.38 bits per heavy atom. The Labute approximate surface area is 93.9 Å². The molecule has 0 aliphatic heterocycles. The van der Waals surface area contributed by atoms with Gasteiger partial charge in [0.2, 0.25) is 0 Å². The van der Waals surface area contributed by atoms with Gasteiger partial charge in [0.25, 0.3) is 5.56 Å². The minimum Gasteiger partial charge on any atom is -0.495 e. The Morgan fingerprint density at radius 2 is 1.75 bits per heavy atom. The summed E-state index contributed by atoms with van der Waals surface area (Å²) in [6, 6.07) is 10.9. The van der Waals surface area contributed by atoms with Gasteiger partial charge in [-0.05, 0) is 25.1 Å². The van der Waals surface area contributed by atoms with Crippen LogP contribution in [0.3, 0.4) is 0 Å². The molecule has 1 aromatic heterocycles. The molecule has 2 rings (SSSR count). The van der Waals surface area contributed by atoms with Crippen LogP contribution in [0.1, 0.15) is 5.56 Å². The minimum atomic E-state index is -0.0651. The summed E-state index contributed by atoms with van der Waals surface area (Å²) in [4.78, 5) is 11.7. The van der Waals surface area contributed by atoms with E-state index in [1.807, 2.05) is 31.2 Å². The largest absolute Gasteiger partial charge is 0.495 e. The first-order valence-corrected chi connectivity index (χ1v) is 5.04. The molecule has 1 heterocycles. The van der Waals surface area contributed by atoms with Gasteiger partial charge in [0.05, 0.1) is 13.3 Å². The van der Waals surface area contributed by atoms with Gasteiger partial charge in [0.15, 0.2) is 0 Å². The fourth-order valence-corrected chi connectivity index (χ4v) is 1.50. The molecule has 82 valence electrons. The summed E-state index contributed by atoms with van der Waals surface area (Å²) in [6.45, 7) is 2.01. The molecule has 1 aromatic carbocycles. The van der Waals surface area contributed by atoms with Gasteiger partial charge in [-0.3, -0.25) is 9.36 Å². The van der Waals surface area contributed by atoms with E-state index in [4.69, 9.17) is 4.74 Å². The highest BCUT2D eigenvalue weighted by molar-refractivity contribution is 5.36. The highest BCUT2D eigenvalue weighted by Gasteiger charge is 2.00. The van der Waals surface area contributed by atoms with Crippen molar-refractivity contribution in [2.75, 3.05) is 7.11 Å². The number of benzene rings is 1. The molecular formula is C13H13NO2. The average Bonchev–Trinajstić information content (AvgIpc) is 2.31. The molecule has 0 fully saturated rings. The van der Waals surface area contributed by atoms with Crippen molar-refractivity contribution in [3.05, 3.63) is 58.5 Å². The highest BCUT2D eigenvalue weighted by atomic mass is 16.5. The van der Waals surface area contributed by atoms with Crippen LogP contribution in [0.2, 0.25) is 0 Å². The van der Waals surface area contributed by atoms with Gasteiger partial charge in [-0.25, -0.2) is 0 Å². The van der Waals surface area contributed by atoms with E-state index in [2.05, 4.69) is 0 Å². The number of pyridine rings is 1. The first-order valence-electron chi connectivity index (χ1n) is 5.04. The molecule has 2 aromatic rings. The quantitative estimate of drug-likeness (QED) is 0.768. The van der Waals surface area contributed by atoms with Gasteiger partial charge in [-0.2, -0.15) is 0 Å². The van der Waals surface area contributed by atoms with Gasteiger partial charge < -0.3 is 4.74 Å². The maximum absolute atomic E-state index is 11.7. The molecule has 0 saturated heterocycles. The molecule has 0 unspecified atom stereocenters. The average molecular weight is 215 g/mol. The third kappa shape index (κ3) is 1.98. The van der Waals surface area contributed by atoms with E-state index in [9.17, 15) is 4.79 Å². The van der Waals surface area contributed by atoms with Crippen LogP contribution in [0.15, 0.2) is 47.4 Å². The van der Waals surface area contributed by atoms with Crippen molar-refractivity contribution in [1.29, 1.82) is 0 Å². The molecule has 0 N–H and O–H groups in total. The number of hydrogen-bond donors (Lipinski definition) is 0. The zero-order valence-corrected chi connectivity index (χ0v) is 9.31. The summed E-state index contributed by atoms with van der Waals surface area (Å²) >= 11 is 0. The monoisotopic (exact) mass is 215 g/mol. The first kappa shape index (κ1) is 10.5. The second-order valence-electron chi connectivity index (χ2n) is 3.61. The van der Waals surface area contributed by atoms with Crippen LogP contribution in [0.5, 0.6) is 5.75 Å². The van der Waals surface area contributed by atoms with E-state index in [0.29, 0.717) is 5.75 Å². The lowest BCUT2D eigenvalue weighted by Crippen LogP contribution is -2.16. The second kappa shape index (κ2) is 4.23. The SMILES string of the molecule is COc1ccc(=O)n(-c2ccc(C)cc2)c1. The van der Waals surface area contributed by atoms with E-state index in [0.717, 1.165) is 5.69 Å². The van der Waals surface area contributed by atoms with Crippen LogP contribution < -0.4 is 10.3 Å². The zero-order valence-electron chi connectivity index (χ0n) is 9.31. The molecule has 0 bridgehead atoms. The van der Waals surface area contributed by atoms with Crippen molar-refractivity contribution >= 4 is 0 Å². The lowest BCUT2D eigenvalue weighted by Gasteiger charge is -2.07. The molecule has 3 nitrogen and oxygen atoms in total. The normalized spacial score (nSPS) is 10.1. The summed E-state index contributed by atoms with van der Waals surface area (Å²) in [5.41, 5.74) is 1.94. The number of aryl methyl sites for hydroxylation is 1. The van der Waals surface area contributed by atoms with Crippen molar-refractivity contribution < 1.29 is 4.74 Å². The maximum Gasteiger partial charge on any atom is 0.255 e.